The molecule has 3 heterocycles. The molecule has 2 aliphatic rings. The highest BCUT2D eigenvalue weighted by Crippen LogP contribution is 2.28. The summed E-state index contributed by atoms with van der Waals surface area (Å²) < 4.78 is 28.7. The molecule has 144 valence electrons. The Kier molecular flexibility index (Phi) is 5.13. The summed E-state index contributed by atoms with van der Waals surface area (Å²) in [5.41, 5.74) is 2.02. The zero-order valence-corrected chi connectivity index (χ0v) is 15.8. The van der Waals surface area contributed by atoms with Gasteiger partial charge in [-0.05, 0) is 24.6 Å². The van der Waals surface area contributed by atoms with Gasteiger partial charge in [0.25, 0.3) is 0 Å². The first-order chi connectivity index (χ1) is 13.1. The average Bonchev–Trinajstić information content (AvgIpc) is 3.01. The van der Waals surface area contributed by atoms with Gasteiger partial charge in [0.2, 0.25) is 5.95 Å². The predicted octanol–water partition coefficient (Wildman–Crippen LogP) is 1.66. The number of aromatic nitrogens is 2. The number of nitrogens with zero attached hydrogens (tertiary/aromatic N) is 3. The number of benzene rings is 1. The molecule has 0 saturated carbocycles. The normalized spacial score (nSPS) is 21.8. The van der Waals surface area contributed by atoms with E-state index < -0.39 is 9.84 Å². The fourth-order valence-electron chi connectivity index (χ4n) is 3.40. The monoisotopic (exact) mass is 389 g/mol. The third kappa shape index (κ3) is 4.48. The maximum atomic E-state index is 11.6. The number of morpholine rings is 1. The number of sulfone groups is 1. The van der Waals surface area contributed by atoms with Crippen LogP contribution in [-0.4, -0.2) is 62.2 Å². The van der Waals surface area contributed by atoms with Gasteiger partial charge in [0, 0.05) is 25.3 Å². The smallest absolute Gasteiger partial charge is 0.229 e. The summed E-state index contributed by atoms with van der Waals surface area (Å²) in [4.78, 5) is 11.1. The van der Waals surface area contributed by atoms with Crippen molar-refractivity contribution in [2.45, 2.75) is 12.5 Å². The van der Waals surface area contributed by atoms with Gasteiger partial charge in [-0.3, -0.25) is 0 Å². The van der Waals surface area contributed by atoms with Crippen molar-refractivity contribution in [1.29, 1.82) is 0 Å². The lowest BCUT2D eigenvalue weighted by molar-refractivity contribution is 0.123. The number of rotatable bonds is 5. The lowest BCUT2D eigenvalue weighted by atomic mass is 10.2. The Balaban J connectivity index is 1.49. The van der Waals surface area contributed by atoms with Crippen molar-refractivity contribution in [2.75, 3.05) is 53.3 Å². The summed E-state index contributed by atoms with van der Waals surface area (Å²) in [6.45, 7) is 3.12. The maximum absolute atomic E-state index is 11.6. The zero-order valence-electron chi connectivity index (χ0n) is 15.0. The van der Waals surface area contributed by atoms with Crippen molar-refractivity contribution in [1.82, 2.24) is 9.97 Å². The minimum absolute atomic E-state index is 0.0987. The molecule has 2 fully saturated rings. The Labute approximate surface area is 158 Å². The van der Waals surface area contributed by atoms with Gasteiger partial charge in [0.15, 0.2) is 9.84 Å². The first kappa shape index (κ1) is 18.0. The number of para-hydroxylation sites is 2. The Morgan fingerprint density at radius 2 is 1.96 bits per heavy atom. The molecule has 0 bridgehead atoms. The number of hydrogen-bond donors (Lipinski definition) is 2. The van der Waals surface area contributed by atoms with Crippen molar-refractivity contribution in [3.8, 4) is 0 Å². The molecule has 1 atom stereocenters. The van der Waals surface area contributed by atoms with E-state index >= 15 is 0 Å². The summed E-state index contributed by atoms with van der Waals surface area (Å²) in [7, 11) is -2.93. The van der Waals surface area contributed by atoms with Crippen molar-refractivity contribution in [3.05, 3.63) is 36.5 Å². The fourth-order valence-corrected chi connectivity index (χ4v) is 5.07. The van der Waals surface area contributed by atoms with Gasteiger partial charge in [0.1, 0.15) is 5.82 Å². The largest absolute Gasteiger partial charge is 0.378 e. The zero-order chi connectivity index (χ0) is 18.7. The Morgan fingerprint density at radius 1 is 1.15 bits per heavy atom. The van der Waals surface area contributed by atoms with E-state index in [9.17, 15) is 8.42 Å². The summed E-state index contributed by atoms with van der Waals surface area (Å²) in [6.07, 6.45) is 2.27. The van der Waals surface area contributed by atoms with Gasteiger partial charge in [0.05, 0.1) is 36.1 Å². The first-order valence-electron chi connectivity index (χ1n) is 9.08. The van der Waals surface area contributed by atoms with Gasteiger partial charge < -0.3 is 20.3 Å². The third-order valence-corrected chi connectivity index (χ3v) is 6.51. The molecular weight excluding hydrogens is 366 g/mol. The first-order valence-corrected chi connectivity index (χ1v) is 10.9. The summed E-state index contributed by atoms with van der Waals surface area (Å²) in [6, 6.07) is 9.70. The van der Waals surface area contributed by atoms with Gasteiger partial charge in [-0.1, -0.05) is 12.1 Å². The van der Waals surface area contributed by atoms with Crippen molar-refractivity contribution in [2.24, 2.45) is 0 Å². The van der Waals surface area contributed by atoms with Crippen LogP contribution in [0.2, 0.25) is 0 Å². The molecule has 2 aliphatic heterocycles. The van der Waals surface area contributed by atoms with E-state index in [1.54, 1.807) is 12.3 Å². The maximum Gasteiger partial charge on any atom is 0.229 e. The fraction of sp³-hybridized carbons (Fsp3) is 0.444. The summed E-state index contributed by atoms with van der Waals surface area (Å²) in [5, 5.41) is 6.49. The van der Waals surface area contributed by atoms with Crippen LogP contribution >= 0.6 is 0 Å². The lowest BCUT2D eigenvalue weighted by Crippen LogP contribution is -2.36. The van der Waals surface area contributed by atoms with Crippen molar-refractivity contribution < 1.29 is 13.2 Å². The molecule has 0 aliphatic carbocycles. The average molecular weight is 389 g/mol. The molecular formula is C18H23N5O3S. The highest BCUT2D eigenvalue weighted by Gasteiger charge is 2.28. The standard InChI is InChI=1S/C18H23N5O3S/c24-27(25)12-6-14(13-27)20-17-5-7-19-18(22-17)21-15-3-1-2-4-16(15)23-8-10-26-11-9-23/h1-5,7,14H,6,8-13H2,(H2,19,20,21,22). The highest BCUT2D eigenvalue weighted by atomic mass is 32.2. The van der Waals surface area contributed by atoms with Gasteiger partial charge in [-0.25, -0.2) is 13.4 Å². The van der Waals surface area contributed by atoms with Crippen LogP contribution < -0.4 is 15.5 Å². The van der Waals surface area contributed by atoms with E-state index in [4.69, 9.17) is 4.74 Å². The number of anilines is 4. The topological polar surface area (TPSA) is 96.5 Å². The second-order valence-corrected chi connectivity index (χ2v) is 8.98. The Bertz CT molecular complexity index is 899. The molecule has 27 heavy (non-hydrogen) atoms. The summed E-state index contributed by atoms with van der Waals surface area (Å²) >= 11 is 0. The molecule has 8 nitrogen and oxygen atoms in total. The lowest BCUT2D eigenvalue weighted by Gasteiger charge is -2.30. The van der Waals surface area contributed by atoms with Gasteiger partial charge in [-0.15, -0.1) is 0 Å². The molecule has 0 spiro atoms. The number of nitrogens with one attached hydrogen (secondary N) is 2. The second kappa shape index (κ2) is 7.69. The van der Waals surface area contributed by atoms with Crippen molar-refractivity contribution >= 4 is 33.0 Å². The molecule has 1 unspecified atom stereocenters. The van der Waals surface area contributed by atoms with Gasteiger partial charge >= 0.3 is 0 Å². The summed E-state index contributed by atoms with van der Waals surface area (Å²) in [5.74, 6) is 1.48. The van der Waals surface area contributed by atoms with Crippen LogP contribution in [0.5, 0.6) is 0 Å². The van der Waals surface area contributed by atoms with Crippen LogP contribution in [0.25, 0.3) is 0 Å². The van der Waals surface area contributed by atoms with Crippen molar-refractivity contribution in [3.63, 3.8) is 0 Å². The molecule has 1 aromatic heterocycles. The van der Waals surface area contributed by atoms with E-state index in [1.807, 2.05) is 18.2 Å². The minimum atomic E-state index is -2.93. The molecule has 0 amide bonds. The van der Waals surface area contributed by atoms with Crippen LogP contribution in [0.15, 0.2) is 36.5 Å². The molecule has 2 saturated heterocycles. The van der Waals surface area contributed by atoms with E-state index in [1.165, 1.54) is 0 Å². The number of ether oxygens (including phenoxy) is 1. The molecule has 1 aromatic carbocycles. The molecule has 4 rings (SSSR count). The van der Waals surface area contributed by atoms with Crippen LogP contribution in [0.1, 0.15) is 6.42 Å². The van der Waals surface area contributed by atoms with Gasteiger partial charge in [-0.2, -0.15) is 4.98 Å². The molecule has 9 heteroatoms. The van der Waals surface area contributed by atoms with Crippen LogP contribution in [-0.2, 0) is 14.6 Å². The van der Waals surface area contributed by atoms with E-state index in [-0.39, 0.29) is 17.5 Å². The molecule has 2 aromatic rings. The molecule has 0 radical (unpaired) electrons. The third-order valence-electron chi connectivity index (χ3n) is 4.74. The van der Waals surface area contributed by atoms with E-state index in [0.717, 1.165) is 24.5 Å². The minimum Gasteiger partial charge on any atom is -0.378 e. The Morgan fingerprint density at radius 3 is 2.74 bits per heavy atom. The van der Waals surface area contributed by atoms with E-state index in [0.29, 0.717) is 31.4 Å². The predicted molar refractivity (Wildman–Crippen MR) is 105 cm³/mol. The van der Waals surface area contributed by atoms with Crippen LogP contribution in [0.4, 0.5) is 23.1 Å². The quantitative estimate of drug-likeness (QED) is 0.797. The highest BCUT2D eigenvalue weighted by molar-refractivity contribution is 7.91. The SMILES string of the molecule is O=S1(=O)CCC(Nc2ccnc(Nc3ccccc3N3CCOCC3)n2)C1. The number of hydrogen-bond acceptors (Lipinski definition) is 8. The Hall–Kier alpha value is -2.39. The van der Waals surface area contributed by atoms with Crippen LogP contribution in [0, 0.1) is 0 Å². The van der Waals surface area contributed by atoms with E-state index in [2.05, 4.69) is 31.6 Å². The molecule has 2 N–H and O–H groups in total. The second-order valence-electron chi connectivity index (χ2n) is 6.75. The van der Waals surface area contributed by atoms with Crippen LogP contribution in [0.3, 0.4) is 0 Å².